The Morgan fingerprint density at radius 2 is 2.00 bits per heavy atom. The number of aryl methyl sites for hydroxylation is 1. The monoisotopic (exact) mass is 604 g/mol. The lowest BCUT2D eigenvalue weighted by atomic mass is 10.1. The van der Waals surface area contributed by atoms with E-state index in [0.29, 0.717) is 35.7 Å². The van der Waals surface area contributed by atoms with E-state index in [1.165, 1.54) is 6.07 Å². The number of amides is 2. The molecule has 0 radical (unpaired) electrons. The average molecular weight is 606 g/mol. The third kappa shape index (κ3) is 6.42. The molecule has 2 atom stereocenters. The van der Waals surface area contributed by atoms with Crippen molar-refractivity contribution in [1.29, 1.82) is 0 Å². The third-order valence-corrected chi connectivity index (χ3v) is 7.78. The minimum Gasteiger partial charge on any atom is -0.344 e. The first-order chi connectivity index (χ1) is 18.0. The van der Waals surface area contributed by atoms with E-state index >= 15 is 0 Å². The Labute approximate surface area is 235 Å². The van der Waals surface area contributed by atoms with E-state index in [9.17, 15) is 14.0 Å². The van der Waals surface area contributed by atoms with Crippen LogP contribution in [0.25, 0.3) is 0 Å². The zero-order valence-corrected chi connectivity index (χ0v) is 24.2. The SMILES string of the molecule is Cc1ccc(Cl)cc1N1CC(C(=O)N(C)CCN(C)Cc2cn([C@H](C)c3ccc(F)c(Br)c3)nn2)CC1=O. The maximum absolute atomic E-state index is 13.6. The van der Waals surface area contributed by atoms with Gasteiger partial charge in [0.05, 0.1) is 28.3 Å². The summed E-state index contributed by atoms with van der Waals surface area (Å²) in [5, 5.41) is 9.09. The van der Waals surface area contributed by atoms with Crippen LogP contribution in [0, 0.1) is 18.7 Å². The van der Waals surface area contributed by atoms with Crippen molar-refractivity contribution in [1.82, 2.24) is 24.8 Å². The topological polar surface area (TPSA) is 74.6 Å². The van der Waals surface area contributed by atoms with Gasteiger partial charge in [-0.15, -0.1) is 5.10 Å². The summed E-state index contributed by atoms with van der Waals surface area (Å²) >= 11 is 9.36. The first-order valence-electron chi connectivity index (χ1n) is 12.4. The number of rotatable bonds is 9. The van der Waals surface area contributed by atoms with Crippen LogP contribution >= 0.6 is 27.5 Å². The Morgan fingerprint density at radius 3 is 2.74 bits per heavy atom. The highest BCUT2D eigenvalue weighted by Gasteiger charge is 2.37. The smallest absolute Gasteiger partial charge is 0.227 e. The molecule has 1 aliphatic rings. The van der Waals surface area contributed by atoms with E-state index in [2.05, 4.69) is 31.1 Å². The minimum atomic E-state index is -0.385. The molecule has 1 aromatic heterocycles. The number of halogens is 3. The van der Waals surface area contributed by atoms with Crippen LogP contribution in [0.3, 0.4) is 0 Å². The highest BCUT2D eigenvalue weighted by atomic mass is 79.9. The number of carbonyl (C=O) groups is 2. The van der Waals surface area contributed by atoms with E-state index in [0.717, 1.165) is 22.5 Å². The Kier molecular flexibility index (Phi) is 8.85. The first kappa shape index (κ1) is 28.2. The van der Waals surface area contributed by atoms with E-state index in [1.807, 2.05) is 33.2 Å². The molecule has 0 N–H and O–H groups in total. The molecule has 1 fully saturated rings. The van der Waals surface area contributed by atoms with Crippen LogP contribution < -0.4 is 4.90 Å². The van der Waals surface area contributed by atoms with Gasteiger partial charge in [0.2, 0.25) is 11.8 Å². The predicted octanol–water partition coefficient (Wildman–Crippen LogP) is 4.69. The van der Waals surface area contributed by atoms with Crippen molar-refractivity contribution in [3.63, 3.8) is 0 Å². The van der Waals surface area contributed by atoms with Crippen molar-refractivity contribution >= 4 is 45.0 Å². The van der Waals surface area contributed by atoms with Gasteiger partial charge in [0.1, 0.15) is 5.82 Å². The number of aromatic nitrogens is 3. The molecule has 0 spiro atoms. The summed E-state index contributed by atoms with van der Waals surface area (Å²) in [5.41, 5.74) is 3.42. The molecule has 38 heavy (non-hydrogen) atoms. The molecule has 2 aromatic carbocycles. The van der Waals surface area contributed by atoms with E-state index in [1.54, 1.807) is 45.8 Å². The van der Waals surface area contributed by atoms with E-state index < -0.39 is 0 Å². The maximum atomic E-state index is 13.6. The quantitative estimate of drug-likeness (QED) is 0.354. The second-order valence-corrected chi connectivity index (χ2v) is 11.2. The van der Waals surface area contributed by atoms with Crippen LogP contribution in [0.2, 0.25) is 5.02 Å². The molecule has 202 valence electrons. The molecule has 2 amide bonds. The van der Waals surface area contributed by atoms with Gasteiger partial charge in [-0.05, 0) is 72.2 Å². The zero-order valence-electron chi connectivity index (χ0n) is 21.9. The van der Waals surface area contributed by atoms with Crippen molar-refractivity contribution in [2.45, 2.75) is 32.9 Å². The number of benzene rings is 2. The molecular formula is C27H31BrClFN6O2. The Balaban J connectivity index is 1.28. The number of likely N-dealkylation sites (N-methyl/N-ethyl adjacent to an activating group) is 2. The second kappa shape index (κ2) is 11.9. The fourth-order valence-electron chi connectivity index (χ4n) is 4.58. The predicted molar refractivity (Wildman–Crippen MR) is 149 cm³/mol. The zero-order chi connectivity index (χ0) is 27.6. The van der Waals surface area contributed by atoms with Crippen molar-refractivity contribution in [3.05, 3.63) is 74.7 Å². The molecule has 4 rings (SSSR count). The molecule has 1 saturated heterocycles. The van der Waals surface area contributed by atoms with E-state index in [-0.39, 0.29) is 36.0 Å². The van der Waals surface area contributed by atoms with Gasteiger partial charge in [0.25, 0.3) is 0 Å². The molecule has 0 bridgehead atoms. The summed E-state index contributed by atoms with van der Waals surface area (Å²) in [6, 6.07) is 10.2. The highest BCUT2D eigenvalue weighted by Crippen LogP contribution is 2.31. The number of anilines is 1. The van der Waals surface area contributed by atoms with Gasteiger partial charge in [-0.1, -0.05) is 28.9 Å². The number of hydrogen-bond donors (Lipinski definition) is 0. The molecule has 11 heteroatoms. The van der Waals surface area contributed by atoms with Gasteiger partial charge < -0.3 is 9.80 Å². The van der Waals surface area contributed by atoms with Crippen molar-refractivity contribution in [2.24, 2.45) is 5.92 Å². The average Bonchev–Trinajstić information content (AvgIpc) is 3.51. The summed E-state index contributed by atoms with van der Waals surface area (Å²) in [6.45, 7) is 5.97. The molecule has 3 aromatic rings. The fourth-order valence-corrected chi connectivity index (χ4v) is 5.14. The largest absolute Gasteiger partial charge is 0.344 e. The lowest BCUT2D eigenvalue weighted by Gasteiger charge is -2.24. The van der Waals surface area contributed by atoms with Gasteiger partial charge in [0, 0.05) is 50.4 Å². The van der Waals surface area contributed by atoms with Crippen molar-refractivity contribution in [3.8, 4) is 0 Å². The molecule has 1 aliphatic heterocycles. The number of carbonyl (C=O) groups excluding carboxylic acids is 2. The summed E-state index contributed by atoms with van der Waals surface area (Å²) in [5.74, 6) is -0.800. The Hall–Kier alpha value is -2.82. The standard InChI is InChI=1S/C27H31BrClFN6O2/c1-17-5-7-21(29)13-25(17)35-14-20(12-26(35)37)27(38)34(4)10-9-33(3)15-22-16-36(32-31-22)18(2)19-6-8-24(30)23(28)11-19/h5-8,11,13,16,18,20H,9-10,12,14-15H2,1-4H3/t18-,20?/m1/s1. The summed E-state index contributed by atoms with van der Waals surface area (Å²) in [4.78, 5) is 31.2. The molecule has 2 heterocycles. The highest BCUT2D eigenvalue weighted by molar-refractivity contribution is 9.10. The van der Waals surface area contributed by atoms with Gasteiger partial charge in [-0.2, -0.15) is 0 Å². The molecular weight excluding hydrogens is 575 g/mol. The Morgan fingerprint density at radius 1 is 1.24 bits per heavy atom. The minimum absolute atomic E-state index is 0.0424. The number of nitrogens with zero attached hydrogens (tertiary/aromatic N) is 6. The van der Waals surface area contributed by atoms with Gasteiger partial charge in [0.15, 0.2) is 0 Å². The maximum Gasteiger partial charge on any atom is 0.227 e. The summed E-state index contributed by atoms with van der Waals surface area (Å²) < 4.78 is 15.7. The van der Waals surface area contributed by atoms with Crippen LogP contribution in [0.15, 0.2) is 47.1 Å². The first-order valence-corrected chi connectivity index (χ1v) is 13.6. The van der Waals surface area contributed by atoms with Gasteiger partial charge >= 0.3 is 0 Å². The lowest BCUT2D eigenvalue weighted by molar-refractivity contribution is -0.134. The number of hydrogen-bond acceptors (Lipinski definition) is 5. The molecule has 0 aliphatic carbocycles. The lowest BCUT2D eigenvalue weighted by Crippen LogP contribution is -2.39. The Bertz CT molecular complexity index is 1330. The third-order valence-electron chi connectivity index (χ3n) is 6.94. The molecule has 8 nitrogen and oxygen atoms in total. The van der Waals surface area contributed by atoms with E-state index in [4.69, 9.17) is 11.6 Å². The van der Waals surface area contributed by atoms with Gasteiger partial charge in [-0.3, -0.25) is 14.5 Å². The van der Waals surface area contributed by atoms with Crippen LogP contribution in [0.5, 0.6) is 0 Å². The van der Waals surface area contributed by atoms with Crippen molar-refractivity contribution < 1.29 is 14.0 Å². The molecule has 0 saturated carbocycles. The van der Waals surface area contributed by atoms with Crippen molar-refractivity contribution in [2.75, 3.05) is 38.6 Å². The summed E-state index contributed by atoms with van der Waals surface area (Å²) in [6.07, 6.45) is 2.07. The van der Waals surface area contributed by atoms with Crippen LogP contribution in [-0.2, 0) is 16.1 Å². The van der Waals surface area contributed by atoms with Crippen LogP contribution in [0.4, 0.5) is 10.1 Å². The normalized spacial score (nSPS) is 16.4. The van der Waals surface area contributed by atoms with Crippen LogP contribution in [-0.4, -0.2) is 70.3 Å². The fraction of sp³-hybridized carbons (Fsp3) is 0.407. The van der Waals surface area contributed by atoms with Crippen LogP contribution in [0.1, 0.15) is 36.2 Å². The molecule has 1 unspecified atom stereocenters. The second-order valence-electron chi connectivity index (χ2n) is 9.87. The summed E-state index contributed by atoms with van der Waals surface area (Å²) in [7, 11) is 3.73. The van der Waals surface area contributed by atoms with Gasteiger partial charge in [-0.25, -0.2) is 9.07 Å².